The van der Waals surface area contributed by atoms with Gasteiger partial charge in [-0.2, -0.15) is 0 Å². The second-order valence-electron chi connectivity index (χ2n) is 8.82. The molecular formula is C27H30FN5O2S. The lowest BCUT2D eigenvalue weighted by atomic mass is 9.99. The molecule has 0 atom stereocenters. The Kier molecular flexibility index (Phi) is 7.11. The lowest BCUT2D eigenvalue weighted by Gasteiger charge is -2.30. The zero-order valence-electron chi connectivity index (χ0n) is 20.8. The molecular weight excluding hydrogens is 477 g/mol. The number of rotatable bonds is 3. The van der Waals surface area contributed by atoms with E-state index < -0.39 is 0 Å². The Balaban J connectivity index is 0.00000130. The third-order valence-corrected chi connectivity index (χ3v) is 7.64. The highest BCUT2D eigenvalue weighted by atomic mass is 32.1. The van der Waals surface area contributed by atoms with Crippen LogP contribution in [0.25, 0.3) is 32.6 Å². The highest BCUT2D eigenvalue weighted by molar-refractivity contribution is 7.13. The van der Waals surface area contributed by atoms with Gasteiger partial charge in [0.15, 0.2) is 0 Å². The second-order valence-corrected chi connectivity index (χ2v) is 9.71. The van der Waals surface area contributed by atoms with Crippen molar-refractivity contribution in [3.63, 3.8) is 0 Å². The molecule has 5 heterocycles. The number of imidazole rings is 1. The van der Waals surface area contributed by atoms with E-state index in [4.69, 9.17) is 9.72 Å². The monoisotopic (exact) mass is 507 g/mol. The number of benzene rings is 1. The molecule has 4 aromatic rings. The van der Waals surface area contributed by atoms with Crippen molar-refractivity contribution in [3.8, 4) is 21.8 Å². The molecule has 0 unspecified atom stereocenters. The van der Waals surface area contributed by atoms with Crippen molar-refractivity contribution in [3.05, 3.63) is 53.4 Å². The van der Waals surface area contributed by atoms with E-state index in [0.29, 0.717) is 49.5 Å². The predicted octanol–water partition coefficient (Wildman–Crippen LogP) is 5.64. The fourth-order valence-electron chi connectivity index (χ4n) is 5.04. The van der Waals surface area contributed by atoms with E-state index >= 15 is 4.39 Å². The lowest BCUT2D eigenvalue weighted by Crippen LogP contribution is -2.37. The Morgan fingerprint density at radius 2 is 1.97 bits per heavy atom. The molecule has 1 amide bonds. The van der Waals surface area contributed by atoms with Crippen molar-refractivity contribution in [1.29, 1.82) is 0 Å². The van der Waals surface area contributed by atoms with Crippen molar-refractivity contribution in [2.45, 2.75) is 52.6 Å². The maximum absolute atomic E-state index is 15.5. The number of carbonyl (C=O) groups excluding carboxylic acids is 1. The highest BCUT2D eigenvalue weighted by Gasteiger charge is 2.31. The fraction of sp³-hybridized carbons (Fsp3) is 0.407. The van der Waals surface area contributed by atoms with Crippen molar-refractivity contribution in [2.75, 3.05) is 19.8 Å². The zero-order chi connectivity index (χ0) is 25.2. The van der Waals surface area contributed by atoms with Gasteiger partial charge in [0.2, 0.25) is 5.91 Å². The van der Waals surface area contributed by atoms with E-state index in [1.165, 1.54) is 17.4 Å². The number of carbonyl (C=O) groups is 1. The zero-order valence-corrected chi connectivity index (χ0v) is 21.6. The van der Waals surface area contributed by atoms with E-state index in [0.717, 1.165) is 40.3 Å². The van der Waals surface area contributed by atoms with Crippen LogP contribution in [0.5, 0.6) is 0 Å². The summed E-state index contributed by atoms with van der Waals surface area (Å²) in [5.41, 5.74) is 4.54. The van der Waals surface area contributed by atoms with Gasteiger partial charge in [-0.15, -0.1) is 11.3 Å². The molecule has 0 aliphatic carbocycles. The third-order valence-electron chi connectivity index (χ3n) is 6.84. The quantitative estimate of drug-likeness (QED) is 0.359. The first-order chi connectivity index (χ1) is 17.6. The van der Waals surface area contributed by atoms with Crippen LogP contribution in [0, 0.1) is 5.82 Å². The van der Waals surface area contributed by atoms with Crippen molar-refractivity contribution < 1.29 is 13.9 Å². The molecule has 7 nitrogen and oxygen atoms in total. The number of hydrogen-bond donors (Lipinski definition) is 0. The molecule has 0 radical (unpaired) electrons. The summed E-state index contributed by atoms with van der Waals surface area (Å²) in [6.07, 6.45) is 5.30. The summed E-state index contributed by atoms with van der Waals surface area (Å²) in [5.74, 6) is 0.917. The van der Waals surface area contributed by atoms with Crippen molar-refractivity contribution in [1.82, 2.24) is 24.4 Å². The summed E-state index contributed by atoms with van der Waals surface area (Å²) >= 11 is 1.52. The molecule has 0 spiro atoms. The van der Waals surface area contributed by atoms with Gasteiger partial charge in [-0.05, 0) is 30.4 Å². The first kappa shape index (κ1) is 24.5. The fourth-order valence-corrected chi connectivity index (χ4v) is 5.63. The van der Waals surface area contributed by atoms with Gasteiger partial charge in [-0.1, -0.05) is 19.9 Å². The smallest absolute Gasteiger partial charge is 0.219 e. The topological polar surface area (TPSA) is 73.1 Å². The molecule has 2 aliphatic rings. The van der Waals surface area contributed by atoms with E-state index in [1.54, 1.807) is 35.8 Å². The summed E-state index contributed by atoms with van der Waals surface area (Å²) < 4.78 is 23.2. The maximum atomic E-state index is 15.5. The van der Waals surface area contributed by atoms with Gasteiger partial charge in [0.1, 0.15) is 11.6 Å². The number of amides is 1. The van der Waals surface area contributed by atoms with Crippen LogP contribution in [0.15, 0.2) is 36.1 Å². The summed E-state index contributed by atoms with van der Waals surface area (Å²) in [6.45, 7) is 8.70. The molecule has 3 aromatic heterocycles. The standard InChI is InChI=1S/C25H24FN5O2S.C2H6/c1-15(32)30-6-7-31-21(13-30)24(29-25(31)16-4-8-33-9-5-16)23-18-11-28-20(22-12-27-14-34-22)10-17(18)2-3-19(23)26;1-2/h2-3,10-12,14,16H,4-9,13H2,1H3;1-2H3. The van der Waals surface area contributed by atoms with Gasteiger partial charge in [0, 0.05) is 62.5 Å². The highest BCUT2D eigenvalue weighted by Crippen LogP contribution is 2.39. The van der Waals surface area contributed by atoms with E-state index in [9.17, 15) is 4.79 Å². The van der Waals surface area contributed by atoms with Crippen molar-refractivity contribution in [2.24, 2.45) is 0 Å². The number of ether oxygens (including phenoxy) is 1. The summed E-state index contributed by atoms with van der Waals surface area (Å²) in [4.78, 5) is 28.8. The minimum Gasteiger partial charge on any atom is -0.381 e. The first-order valence-corrected chi connectivity index (χ1v) is 13.4. The summed E-state index contributed by atoms with van der Waals surface area (Å²) in [6, 6.07) is 5.25. The largest absolute Gasteiger partial charge is 0.381 e. The van der Waals surface area contributed by atoms with Crippen molar-refractivity contribution >= 4 is 28.0 Å². The number of thiazole rings is 1. The van der Waals surface area contributed by atoms with Gasteiger partial charge in [0.25, 0.3) is 0 Å². The van der Waals surface area contributed by atoms with Gasteiger partial charge in [0.05, 0.1) is 34.0 Å². The molecule has 36 heavy (non-hydrogen) atoms. The van der Waals surface area contributed by atoms with E-state index in [2.05, 4.69) is 14.5 Å². The molecule has 0 bridgehead atoms. The third kappa shape index (κ3) is 4.41. The Morgan fingerprint density at radius 3 is 2.69 bits per heavy atom. The van der Waals surface area contributed by atoms with Gasteiger partial charge >= 0.3 is 0 Å². The van der Waals surface area contributed by atoms with Crippen LogP contribution >= 0.6 is 11.3 Å². The maximum Gasteiger partial charge on any atom is 0.219 e. The molecule has 0 N–H and O–H groups in total. The molecule has 6 rings (SSSR count). The van der Waals surface area contributed by atoms with Crippen LogP contribution in [0.3, 0.4) is 0 Å². The number of aromatic nitrogens is 4. The Morgan fingerprint density at radius 1 is 1.17 bits per heavy atom. The molecule has 1 aromatic carbocycles. The number of hydrogen-bond acceptors (Lipinski definition) is 6. The van der Waals surface area contributed by atoms with Crippen LogP contribution < -0.4 is 0 Å². The average molecular weight is 508 g/mol. The molecule has 2 aliphatic heterocycles. The van der Waals surface area contributed by atoms with Crippen LogP contribution in [0.1, 0.15) is 51.0 Å². The van der Waals surface area contributed by atoms with Gasteiger partial charge < -0.3 is 14.2 Å². The van der Waals surface area contributed by atoms with Gasteiger partial charge in [-0.25, -0.2) is 9.37 Å². The van der Waals surface area contributed by atoms with Crippen LogP contribution in [0.4, 0.5) is 4.39 Å². The molecule has 1 saturated heterocycles. The molecule has 0 saturated carbocycles. The lowest BCUT2D eigenvalue weighted by molar-refractivity contribution is -0.130. The number of halogens is 1. The Bertz CT molecular complexity index is 1380. The number of fused-ring (bicyclic) bond motifs is 2. The Labute approximate surface area is 214 Å². The number of nitrogens with zero attached hydrogens (tertiary/aromatic N) is 5. The average Bonchev–Trinajstić information content (AvgIpc) is 3.59. The van der Waals surface area contributed by atoms with E-state index in [1.807, 2.05) is 19.9 Å². The van der Waals surface area contributed by atoms with Gasteiger partial charge in [-0.3, -0.25) is 14.8 Å². The molecule has 9 heteroatoms. The molecule has 188 valence electrons. The van der Waals surface area contributed by atoms with Crippen LogP contribution in [-0.2, 0) is 22.6 Å². The summed E-state index contributed by atoms with van der Waals surface area (Å²) in [5, 5.41) is 1.61. The minimum absolute atomic E-state index is 0.0141. The van der Waals surface area contributed by atoms with Crippen LogP contribution in [0.2, 0.25) is 0 Å². The minimum atomic E-state index is -0.334. The number of pyridine rings is 1. The van der Waals surface area contributed by atoms with E-state index in [-0.39, 0.29) is 17.6 Å². The first-order valence-electron chi connectivity index (χ1n) is 12.5. The SMILES string of the molecule is CC.CC(=O)N1CCn2c(C3CCOCC3)nc(-c3c(F)ccc4cc(-c5cncs5)ncc34)c2C1. The normalized spacial score (nSPS) is 15.9. The summed E-state index contributed by atoms with van der Waals surface area (Å²) in [7, 11) is 0. The second kappa shape index (κ2) is 10.4. The predicted molar refractivity (Wildman–Crippen MR) is 139 cm³/mol. The Hall–Kier alpha value is -3.17. The molecule has 1 fully saturated rings. The van der Waals surface area contributed by atoms with Crippen LogP contribution in [-0.4, -0.2) is 50.1 Å².